The third-order valence-electron chi connectivity index (χ3n) is 7.63. The average Bonchev–Trinajstić information content (AvgIpc) is 3.80. The van der Waals surface area contributed by atoms with Crippen LogP contribution in [-0.4, -0.2) is 27.0 Å². The van der Waals surface area contributed by atoms with Gasteiger partial charge in [0.2, 0.25) is 10.9 Å². The largest absolute Gasteiger partial charge is 0.503 e. The number of ketones is 1. The summed E-state index contributed by atoms with van der Waals surface area (Å²) in [5, 5.41) is 20.9. The molecule has 0 aliphatic carbocycles. The number of hydrogen-bond acceptors (Lipinski definition) is 9. The highest BCUT2D eigenvalue weighted by atomic mass is 32.2. The molecule has 1 N–H and O–H groups in total. The second-order valence-electron chi connectivity index (χ2n) is 10.8. The zero-order valence-corrected chi connectivity index (χ0v) is 26.3. The Morgan fingerprint density at radius 2 is 1.67 bits per heavy atom. The van der Waals surface area contributed by atoms with E-state index in [-0.39, 0.29) is 16.5 Å². The van der Waals surface area contributed by atoms with E-state index in [1.165, 1.54) is 33.6 Å². The van der Waals surface area contributed by atoms with Gasteiger partial charge in [-0.3, -0.25) is 14.5 Å². The summed E-state index contributed by atoms with van der Waals surface area (Å²) in [5.74, 6) is -0.651. The number of hydrogen-bond donors (Lipinski definition) is 1. The van der Waals surface area contributed by atoms with Gasteiger partial charge < -0.3 is 14.3 Å². The summed E-state index contributed by atoms with van der Waals surface area (Å²) in [6.07, 6.45) is 0. The minimum Gasteiger partial charge on any atom is -0.503 e. The number of furan rings is 1. The first-order valence-corrected chi connectivity index (χ1v) is 16.3. The molecule has 46 heavy (non-hydrogen) atoms. The molecule has 228 valence electrons. The molecule has 4 aromatic carbocycles. The Morgan fingerprint density at radius 3 is 2.43 bits per heavy atom. The van der Waals surface area contributed by atoms with Crippen LogP contribution in [0.5, 0.6) is 5.75 Å². The molecule has 1 amide bonds. The highest BCUT2D eigenvalue weighted by Gasteiger charge is 2.46. The van der Waals surface area contributed by atoms with Crippen LogP contribution in [-0.2, 0) is 17.2 Å². The summed E-state index contributed by atoms with van der Waals surface area (Å²) in [6.45, 7) is 2.43. The number of Topliss-reactive ketones (excluding diaryl/α,β-unsaturated/α-hetero) is 1. The molecule has 0 radical (unpaired) electrons. The normalized spacial score (nSPS) is 14.8. The summed E-state index contributed by atoms with van der Waals surface area (Å²) in [6, 6.07) is 33.1. The van der Waals surface area contributed by atoms with Crippen LogP contribution in [0.4, 0.5) is 5.13 Å². The Balaban J connectivity index is 1.20. The van der Waals surface area contributed by atoms with E-state index in [0.29, 0.717) is 33.6 Å². The van der Waals surface area contributed by atoms with E-state index in [9.17, 15) is 14.7 Å². The average molecular weight is 646 g/mol. The SMILES string of the molecule is Cc1ccc(CSc2nnc(N3C(=O)C(O)=C(C(=O)c4cc5ccccc5o4)C3c3ccc(OCc4ccccc4)cc3)s2)cc1. The van der Waals surface area contributed by atoms with Crippen molar-refractivity contribution < 1.29 is 23.8 Å². The molecule has 1 atom stereocenters. The number of carbonyl (C=O) groups is 2. The van der Waals surface area contributed by atoms with Gasteiger partial charge in [-0.1, -0.05) is 114 Å². The van der Waals surface area contributed by atoms with Crippen LogP contribution in [0.2, 0.25) is 0 Å². The van der Waals surface area contributed by atoms with Crippen molar-refractivity contribution in [2.75, 3.05) is 4.90 Å². The summed E-state index contributed by atoms with van der Waals surface area (Å²) in [4.78, 5) is 29.0. The fraction of sp³-hybridized carbons (Fsp3) is 0.111. The van der Waals surface area contributed by atoms with Crippen molar-refractivity contribution in [2.45, 2.75) is 29.7 Å². The standard InChI is InChI=1S/C36H27N3O5S2/c1-22-11-13-24(14-12-22)21-45-36-38-37-35(46-36)39-31(25-15-17-27(18-16-25)43-20-23-7-3-2-4-8-23)30(33(41)34(39)42)32(40)29-19-26-9-5-6-10-28(26)44-29/h2-19,31,41H,20-21H2,1H3. The molecule has 1 unspecified atom stereocenters. The van der Waals surface area contributed by atoms with Gasteiger partial charge in [-0.15, -0.1) is 10.2 Å². The predicted octanol–water partition coefficient (Wildman–Crippen LogP) is 8.25. The van der Waals surface area contributed by atoms with E-state index >= 15 is 0 Å². The number of anilines is 1. The maximum Gasteiger partial charge on any atom is 0.296 e. The monoisotopic (exact) mass is 645 g/mol. The van der Waals surface area contributed by atoms with Crippen LogP contribution in [0.1, 0.15) is 38.9 Å². The maximum atomic E-state index is 14.0. The molecule has 1 aliphatic rings. The molecule has 0 spiro atoms. The van der Waals surface area contributed by atoms with Crippen molar-refractivity contribution in [2.24, 2.45) is 0 Å². The zero-order chi connectivity index (χ0) is 31.6. The minimum absolute atomic E-state index is 0.0248. The Bertz CT molecular complexity index is 2040. The third kappa shape index (κ3) is 5.92. The quantitative estimate of drug-likeness (QED) is 0.0902. The van der Waals surface area contributed by atoms with E-state index < -0.39 is 23.5 Å². The Labute approximate surface area is 273 Å². The molecular formula is C36H27N3O5S2. The molecule has 0 saturated carbocycles. The van der Waals surface area contributed by atoms with Gasteiger partial charge in [-0.2, -0.15) is 0 Å². The number of aromatic nitrogens is 2. The number of aliphatic hydroxyl groups excluding tert-OH is 1. The number of fused-ring (bicyclic) bond motifs is 1. The Morgan fingerprint density at radius 1 is 0.935 bits per heavy atom. The number of thioether (sulfide) groups is 1. The Hall–Kier alpha value is -5.19. The van der Waals surface area contributed by atoms with Gasteiger partial charge in [0, 0.05) is 11.1 Å². The van der Waals surface area contributed by atoms with E-state index in [1.54, 1.807) is 36.4 Å². The van der Waals surface area contributed by atoms with E-state index in [2.05, 4.69) is 34.5 Å². The van der Waals surface area contributed by atoms with Crippen molar-refractivity contribution in [3.05, 3.63) is 149 Å². The van der Waals surface area contributed by atoms with E-state index in [0.717, 1.165) is 16.5 Å². The molecule has 0 fully saturated rings. The van der Waals surface area contributed by atoms with Crippen molar-refractivity contribution in [3.63, 3.8) is 0 Å². The van der Waals surface area contributed by atoms with Crippen LogP contribution in [0.3, 0.4) is 0 Å². The first-order chi connectivity index (χ1) is 22.4. The molecule has 2 aromatic heterocycles. The first-order valence-electron chi connectivity index (χ1n) is 14.5. The molecule has 6 aromatic rings. The Kier molecular flexibility index (Phi) is 8.13. The van der Waals surface area contributed by atoms with Crippen LogP contribution in [0, 0.1) is 6.92 Å². The van der Waals surface area contributed by atoms with Gasteiger partial charge in [0.1, 0.15) is 17.9 Å². The number of para-hydroxylation sites is 1. The van der Waals surface area contributed by atoms with Gasteiger partial charge in [0.25, 0.3) is 5.91 Å². The van der Waals surface area contributed by atoms with Gasteiger partial charge in [0.15, 0.2) is 15.9 Å². The van der Waals surface area contributed by atoms with Gasteiger partial charge in [-0.05, 0) is 47.9 Å². The molecular weight excluding hydrogens is 619 g/mol. The lowest BCUT2D eigenvalue weighted by atomic mass is 9.95. The topological polar surface area (TPSA) is 106 Å². The van der Waals surface area contributed by atoms with Gasteiger partial charge >= 0.3 is 0 Å². The van der Waals surface area contributed by atoms with Crippen LogP contribution < -0.4 is 9.64 Å². The van der Waals surface area contributed by atoms with Gasteiger partial charge in [0.05, 0.1) is 11.6 Å². The number of nitrogens with zero attached hydrogens (tertiary/aromatic N) is 3. The summed E-state index contributed by atoms with van der Waals surface area (Å²) in [5.41, 5.74) is 4.37. The van der Waals surface area contributed by atoms with Crippen LogP contribution in [0.25, 0.3) is 11.0 Å². The number of amides is 1. The van der Waals surface area contributed by atoms with Crippen molar-refractivity contribution in [3.8, 4) is 5.75 Å². The third-order valence-corrected chi connectivity index (χ3v) is 9.76. The van der Waals surface area contributed by atoms with Crippen LogP contribution in [0.15, 0.2) is 129 Å². The lowest BCUT2D eigenvalue weighted by Crippen LogP contribution is -2.31. The summed E-state index contributed by atoms with van der Waals surface area (Å²) >= 11 is 2.73. The summed E-state index contributed by atoms with van der Waals surface area (Å²) in [7, 11) is 0. The molecule has 1 aliphatic heterocycles. The number of aryl methyl sites for hydroxylation is 1. The highest BCUT2D eigenvalue weighted by molar-refractivity contribution is 8.00. The maximum absolute atomic E-state index is 14.0. The first kappa shape index (κ1) is 29.5. The number of benzene rings is 4. The molecule has 0 bridgehead atoms. The minimum atomic E-state index is -0.973. The van der Waals surface area contributed by atoms with E-state index in [1.807, 2.05) is 55.5 Å². The fourth-order valence-electron chi connectivity index (χ4n) is 5.25. The molecule has 3 heterocycles. The predicted molar refractivity (Wildman–Crippen MR) is 178 cm³/mol. The second kappa shape index (κ2) is 12.7. The summed E-state index contributed by atoms with van der Waals surface area (Å²) < 4.78 is 12.5. The lowest BCUT2D eigenvalue weighted by Gasteiger charge is -2.24. The van der Waals surface area contributed by atoms with Crippen LogP contribution >= 0.6 is 23.1 Å². The molecule has 0 saturated heterocycles. The lowest BCUT2D eigenvalue weighted by molar-refractivity contribution is -0.117. The van der Waals surface area contributed by atoms with Crippen molar-refractivity contribution in [1.82, 2.24) is 10.2 Å². The number of rotatable bonds is 10. The molecule has 10 heteroatoms. The number of ether oxygens (including phenoxy) is 1. The van der Waals surface area contributed by atoms with E-state index in [4.69, 9.17) is 9.15 Å². The fourth-order valence-corrected chi connectivity index (χ4v) is 7.07. The number of aliphatic hydroxyl groups is 1. The van der Waals surface area contributed by atoms with Crippen molar-refractivity contribution >= 4 is 50.9 Å². The zero-order valence-electron chi connectivity index (χ0n) is 24.6. The number of carbonyl (C=O) groups excluding carboxylic acids is 2. The molecule has 7 rings (SSSR count). The molecule has 8 nitrogen and oxygen atoms in total. The second-order valence-corrected chi connectivity index (χ2v) is 13.0. The van der Waals surface area contributed by atoms with Crippen molar-refractivity contribution in [1.29, 1.82) is 0 Å². The smallest absolute Gasteiger partial charge is 0.296 e. The highest BCUT2D eigenvalue weighted by Crippen LogP contribution is 2.44. The van der Waals surface area contributed by atoms with Gasteiger partial charge in [-0.25, -0.2) is 0 Å².